The lowest BCUT2D eigenvalue weighted by atomic mass is 9.82. The molecule has 2 atom stereocenters. The van der Waals surface area contributed by atoms with Crippen LogP contribution in [0.4, 0.5) is 0 Å². The van der Waals surface area contributed by atoms with E-state index in [0.717, 1.165) is 22.8 Å². The standard InChI is InChI=1S/C17H36O3Si3/c1-22(2,3)19-17(14-18-21,20-23(4,5)6)12-11-16-9-7-15(13-16)8-10-16/h7,9,15H,8,10-14H2,1-6,21H3. The minimum Gasteiger partial charge on any atom is -0.423 e. The number of hydrogen-bond acceptors (Lipinski definition) is 3. The summed E-state index contributed by atoms with van der Waals surface area (Å²) in [5, 5.41) is 0. The molecule has 0 saturated heterocycles. The molecular formula is C17H36O3Si3. The fraction of sp³-hybridized carbons (Fsp3) is 0.882. The predicted molar refractivity (Wildman–Crippen MR) is 106 cm³/mol. The van der Waals surface area contributed by atoms with Crippen molar-refractivity contribution in [1.82, 2.24) is 0 Å². The second kappa shape index (κ2) is 6.88. The highest BCUT2D eigenvalue weighted by Gasteiger charge is 2.45. The Kier molecular flexibility index (Phi) is 5.86. The van der Waals surface area contributed by atoms with Crippen LogP contribution in [0.25, 0.3) is 0 Å². The SMILES string of the molecule is C[Si](C)(C)OC(CCC12C=CC(CC1)C2)(CO[SiH3])O[Si](C)(C)C. The van der Waals surface area contributed by atoms with E-state index in [9.17, 15) is 0 Å². The highest BCUT2D eigenvalue weighted by Crippen LogP contribution is 2.52. The first-order chi connectivity index (χ1) is 10.5. The van der Waals surface area contributed by atoms with Crippen molar-refractivity contribution in [3.8, 4) is 0 Å². The van der Waals surface area contributed by atoms with E-state index < -0.39 is 22.4 Å². The summed E-state index contributed by atoms with van der Waals surface area (Å²) in [6.45, 7) is 14.1. The quantitative estimate of drug-likeness (QED) is 0.350. The van der Waals surface area contributed by atoms with Gasteiger partial charge >= 0.3 is 0 Å². The van der Waals surface area contributed by atoms with Gasteiger partial charge in [0.25, 0.3) is 0 Å². The van der Waals surface area contributed by atoms with Crippen LogP contribution in [-0.4, -0.2) is 39.5 Å². The van der Waals surface area contributed by atoms with Gasteiger partial charge in [-0.05, 0) is 76.3 Å². The molecule has 2 bridgehead atoms. The molecule has 134 valence electrons. The molecule has 0 heterocycles. The van der Waals surface area contributed by atoms with Gasteiger partial charge in [-0.1, -0.05) is 12.2 Å². The maximum atomic E-state index is 6.63. The lowest BCUT2D eigenvalue weighted by molar-refractivity contribution is -0.159. The van der Waals surface area contributed by atoms with Gasteiger partial charge in [0, 0.05) is 6.42 Å². The first kappa shape index (κ1) is 19.6. The predicted octanol–water partition coefficient (Wildman–Crippen LogP) is 3.82. The Hall–Kier alpha value is 0.271. The second-order valence-electron chi connectivity index (χ2n) is 9.50. The third kappa shape index (κ3) is 5.64. The number of fused-ring (bicyclic) bond motifs is 2. The molecule has 2 rings (SSSR count). The van der Waals surface area contributed by atoms with Crippen LogP contribution in [0, 0.1) is 11.3 Å². The molecule has 0 radical (unpaired) electrons. The number of rotatable bonds is 9. The summed E-state index contributed by atoms with van der Waals surface area (Å²) in [6, 6.07) is 0. The van der Waals surface area contributed by atoms with Gasteiger partial charge in [0.1, 0.15) is 10.5 Å². The lowest BCUT2D eigenvalue weighted by Gasteiger charge is -2.44. The largest absolute Gasteiger partial charge is 0.423 e. The summed E-state index contributed by atoms with van der Waals surface area (Å²) in [5.41, 5.74) is 0.409. The monoisotopic (exact) mass is 372 g/mol. The summed E-state index contributed by atoms with van der Waals surface area (Å²) in [7, 11) is -2.70. The van der Waals surface area contributed by atoms with Crippen molar-refractivity contribution in [2.24, 2.45) is 11.3 Å². The zero-order valence-corrected chi connectivity index (χ0v) is 20.2. The summed E-state index contributed by atoms with van der Waals surface area (Å²) in [4.78, 5) is 0. The summed E-state index contributed by atoms with van der Waals surface area (Å²) in [6.07, 6.45) is 11.1. The molecule has 0 aromatic rings. The lowest BCUT2D eigenvalue weighted by Crippen LogP contribution is -2.53. The average Bonchev–Trinajstić information content (AvgIpc) is 2.93. The zero-order valence-electron chi connectivity index (χ0n) is 16.2. The molecule has 0 amide bonds. The fourth-order valence-electron chi connectivity index (χ4n) is 4.19. The first-order valence-electron chi connectivity index (χ1n) is 9.05. The van der Waals surface area contributed by atoms with E-state index in [1.807, 2.05) is 0 Å². The molecule has 0 aliphatic heterocycles. The molecule has 3 nitrogen and oxygen atoms in total. The minimum absolute atomic E-state index is 0.409. The molecule has 0 aromatic carbocycles. The van der Waals surface area contributed by atoms with E-state index in [-0.39, 0.29) is 0 Å². The van der Waals surface area contributed by atoms with Crippen LogP contribution in [0.1, 0.15) is 32.1 Å². The molecule has 2 aliphatic rings. The van der Waals surface area contributed by atoms with E-state index in [1.54, 1.807) is 0 Å². The molecule has 0 aromatic heterocycles. The number of hydrogen-bond donors (Lipinski definition) is 0. The van der Waals surface area contributed by atoms with Crippen molar-refractivity contribution >= 4 is 27.1 Å². The van der Waals surface area contributed by atoms with Crippen molar-refractivity contribution in [3.05, 3.63) is 12.2 Å². The smallest absolute Gasteiger partial charge is 0.187 e. The van der Waals surface area contributed by atoms with Crippen LogP contribution in [0.15, 0.2) is 12.2 Å². The van der Waals surface area contributed by atoms with E-state index in [0.29, 0.717) is 12.0 Å². The highest BCUT2D eigenvalue weighted by molar-refractivity contribution is 6.71. The van der Waals surface area contributed by atoms with E-state index >= 15 is 0 Å². The van der Waals surface area contributed by atoms with Crippen LogP contribution < -0.4 is 0 Å². The maximum Gasteiger partial charge on any atom is 0.187 e. The van der Waals surface area contributed by atoms with Gasteiger partial charge in [-0.15, -0.1) is 0 Å². The van der Waals surface area contributed by atoms with Crippen LogP contribution in [0.5, 0.6) is 0 Å². The van der Waals surface area contributed by atoms with Crippen LogP contribution >= 0.6 is 0 Å². The van der Waals surface area contributed by atoms with Crippen LogP contribution in [-0.2, 0) is 13.3 Å². The molecule has 0 N–H and O–H groups in total. The van der Waals surface area contributed by atoms with E-state index in [2.05, 4.69) is 51.4 Å². The summed E-state index contributed by atoms with van der Waals surface area (Å²) in [5.74, 6) is 0.301. The van der Waals surface area contributed by atoms with Crippen LogP contribution in [0.2, 0.25) is 39.3 Å². The van der Waals surface area contributed by atoms with Crippen molar-refractivity contribution in [1.29, 1.82) is 0 Å². The van der Waals surface area contributed by atoms with Gasteiger partial charge < -0.3 is 13.3 Å². The van der Waals surface area contributed by atoms with Crippen molar-refractivity contribution in [3.63, 3.8) is 0 Å². The number of allylic oxidation sites excluding steroid dienone is 2. The molecule has 6 heteroatoms. The molecule has 0 spiro atoms. The third-order valence-electron chi connectivity index (χ3n) is 4.76. The molecular weight excluding hydrogens is 336 g/mol. The van der Waals surface area contributed by atoms with Crippen LogP contribution in [0.3, 0.4) is 0 Å². The van der Waals surface area contributed by atoms with Gasteiger partial charge in [-0.3, -0.25) is 0 Å². The first-order valence-corrected chi connectivity index (χ1v) is 16.7. The fourth-order valence-corrected chi connectivity index (χ4v) is 7.36. The topological polar surface area (TPSA) is 27.7 Å². The Morgan fingerprint density at radius 1 is 1.13 bits per heavy atom. The van der Waals surface area contributed by atoms with Gasteiger partial charge in [-0.25, -0.2) is 0 Å². The Labute approximate surface area is 148 Å². The normalized spacial score (nSPS) is 28.0. The maximum absolute atomic E-state index is 6.63. The Morgan fingerprint density at radius 3 is 2.09 bits per heavy atom. The molecule has 23 heavy (non-hydrogen) atoms. The van der Waals surface area contributed by atoms with Gasteiger partial charge in [0.05, 0.1) is 6.61 Å². The van der Waals surface area contributed by atoms with E-state index in [1.165, 1.54) is 25.7 Å². The van der Waals surface area contributed by atoms with E-state index in [4.69, 9.17) is 13.3 Å². The van der Waals surface area contributed by atoms with Crippen molar-refractivity contribution in [2.75, 3.05) is 6.61 Å². The van der Waals surface area contributed by atoms with Gasteiger partial charge in [0.2, 0.25) is 0 Å². The average molecular weight is 373 g/mol. The summed E-state index contributed by atoms with van der Waals surface area (Å²) < 4.78 is 19.0. The Balaban J connectivity index is 2.14. The minimum atomic E-state index is -1.72. The molecule has 1 fully saturated rings. The molecule has 1 saturated carbocycles. The van der Waals surface area contributed by atoms with Crippen molar-refractivity contribution < 1.29 is 13.3 Å². The molecule has 2 unspecified atom stereocenters. The summed E-state index contributed by atoms with van der Waals surface area (Å²) >= 11 is 0. The van der Waals surface area contributed by atoms with Gasteiger partial charge in [-0.2, -0.15) is 0 Å². The Morgan fingerprint density at radius 2 is 1.74 bits per heavy atom. The Bertz CT molecular complexity index is 423. The van der Waals surface area contributed by atoms with Crippen molar-refractivity contribution in [2.45, 2.75) is 77.2 Å². The second-order valence-corrected chi connectivity index (χ2v) is 18.9. The third-order valence-corrected chi connectivity index (χ3v) is 7.01. The van der Waals surface area contributed by atoms with Gasteiger partial charge in [0.15, 0.2) is 22.4 Å². The molecule has 2 aliphatic carbocycles. The zero-order chi connectivity index (χ0) is 17.4. The highest BCUT2D eigenvalue weighted by atomic mass is 28.4.